The topological polar surface area (TPSA) is 75.7 Å². The molecule has 1 aliphatic heterocycles. The van der Waals surface area contributed by atoms with Gasteiger partial charge in [0, 0.05) is 17.8 Å². The maximum atomic E-state index is 12.9. The van der Waals surface area contributed by atoms with E-state index >= 15 is 0 Å². The molecule has 31 heavy (non-hydrogen) atoms. The third kappa shape index (κ3) is 4.38. The quantitative estimate of drug-likeness (QED) is 0.601. The van der Waals surface area contributed by atoms with Crippen LogP contribution in [0.15, 0.2) is 71.6 Å². The zero-order valence-electron chi connectivity index (χ0n) is 16.8. The van der Waals surface area contributed by atoms with Crippen LogP contribution in [0.25, 0.3) is 0 Å². The second kappa shape index (κ2) is 8.61. The third-order valence-corrected chi connectivity index (χ3v) is 6.82. The molecule has 0 aliphatic carbocycles. The van der Waals surface area contributed by atoms with Crippen LogP contribution in [0.4, 0.5) is 11.4 Å². The van der Waals surface area contributed by atoms with Gasteiger partial charge in [-0.2, -0.15) is 0 Å². The van der Waals surface area contributed by atoms with E-state index < -0.39 is 10.0 Å². The number of anilines is 2. The Morgan fingerprint density at radius 2 is 1.84 bits per heavy atom. The van der Waals surface area contributed by atoms with Crippen molar-refractivity contribution in [2.45, 2.75) is 17.7 Å². The van der Waals surface area contributed by atoms with Crippen LogP contribution in [0.1, 0.15) is 22.3 Å². The predicted molar refractivity (Wildman–Crippen MR) is 122 cm³/mol. The minimum absolute atomic E-state index is 0.0943. The van der Waals surface area contributed by atoms with Crippen LogP contribution in [-0.2, 0) is 16.4 Å². The van der Waals surface area contributed by atoms with E-state index in [1.54, 1.807) is 41.3 Å². The zero-order valence-corrected chi connectivity index (χ0v) is 18.4. The maximum absolute atomic E-state index is 12.9. The van der Waals surface area contributed by atoms with Gasteiger partial charge in [0.1, 0.15) is 5.75 Å². The number of amides is 1. The Bertz CT molecular complexity index is 1230. The molecule has 0 aromatic heterocycles. The van der Waals surface area contributed by atoms with Crippen LogP contribution in [0.5, 0.6) is 5.75 Å². The minimum Gasteiger partial charge on any atom is -0.495 e. The van der Waals surface area contributed by atoms with Crippen LogP contribution in [0.3, 0.4) is 0 Å². The average molecular weight is 457 g/mol. The Hall–Kier alpha value is -3.03. The monoisotopic (exact) mass is 456 g/mol. The summed E-state index contributed by atoms with van der Waals surface area (Å²) in [6.07, 6.45) is 1.46. The minimum atomic E-state index is -3.83. The number of halogens is 1. The summed E-state index contributed by atoms with van der Waals surface area (Å²) in [5.74, 6) is 0.365. The smallest absolute Gasteiger partial charge is 0.261 e. The Morgan fingerprint density at radius 3 is 2.55 bits per heavy atom. The number of nitrogens with zero attached hydrogens (tertiary/aromatic N) is 1. The summed E-state index contributed by atoms with van der Waals surface area (Å²) in [4.78, 5) is 14.8. The summed E-state index contributed by atoms with van der Waals surface area (Å²) >= 11 is 6.10. The largest absolute Gasteiger partial charge is 0.495 e. The molecule has 0 atom stereocenters. The molecule has 0 saturated heterocycles. The van der Waals surface area contributed by atoms with Crippen LogP contribution >= 0.6 is 11.6 Å². The van der Waals surface area contributed by atoms with Gasteiger partial charge in [0.15, 0.2) is 0 Å². The first-order chi connectivity index (χ1) is 14.9. The first-order valence-corrected chi connectivity index (χ1v) is 11.6. The van der Waals surface area contributed by atoms with Crippen molar-refractivity contribution < 1.29 is 17.9 Å². The van der Waals surface area contributed by atoms with Gasteiger partial charge in [-0.05, 0) is 66.9 Å². The molecule has 1 amide bonds. The predicted octanol–water partition coefficient (Wildman–Crippen LogP) is 4.74. The van der Waals surface area contributed by atoms with Gasteiger partial charge in [0.05, 0.1) is 22.7 Å². The van der Waals surface area contributed by atoms with Gasteiger partial charge in [-0.1, -0.05) is 29.8 Å². The summed E-state index contributed by atoms with van der Waals surface area (Å²) in [6.45, 7) is 0.593. The second-order valence-corrected chi connectivity index (χ2v) is 9.26. The molecular formula is C23H21ClN2O4S. The highest BCUT2D eigenvalue weighted by Crippen LogP contribution is 2.32. The number of ether oxygens (including phenoxy) is 1. The lowest BCUT2D eigenvalue weighted by atomic mass is 10.0. The van der Waals surface area contributed by atoms with E-state index in [0.717, 1.165) is 17.7 Å². The number of carbonyl (C=O) groups is 1. The number of aryl methyl sites for hydroxylation is 1. The summed E-state index contributed by atoms with van der Waals surface area (Å²) in [5, 5.41) is 0.309. The van der Waals surface area contributed by atoms with Gasteiger partial charge in [-0.3, -0.25) is 9.52 Å². The van der Waals surface area contributed by atoms with Crippen molar-refractivity contribution >= 4 is 38.9 Å². The molecule has 1 aliphatic rings. The van der Waals surface area contributed by atoms with Crippen molar-refractivity contribution in [1.29, 1.82) is 0 Å². The molecule has 3 aromatic rings. The molecular weight excluding hydrogens is 436 g/mol. The van der Waals surface area contributed by atoms with E-state index in [1.807, 2.05) is 18.2 Å². The van der Waals surface area contributed by atoms with Crippen molar-refractivity contribution in [3.8, 4) is 5.75 Å². The highest BCUT2D eigenvalue weighted by Gasteiger charge is 2.25. The van der Waals surface area contributed by atoms with Gasteiger partial charge in [-0.25, -0.2) is 8.42 Å². The Balaban J connectivity index is 1.61. The first kappa shape index (κ1) is 21.2. The number of nitrogens with one attached hydrogen (secondary N) is 1. The molecule has 4 rings (SSSR count). The molecule has 160 valence electrons. The molecule has 0 unspecified atom stereocenters. The van der Waals surface area contributed by atoms with Crippen molar-refractivity contribution in [1.82, 2.24) is 0 Å². The number of rotatable bonds is 5. The number of methoxy groups -OCH3 is 1. The SMILES string of the molecule is COc1ccc(NS(=O)(=O)c2ccc3c(c2)CCCN3C(=O)c2ccccc2)cc1Cl. The van der Waals surface area contributed by atoms with Crippen molar-refractivity contribution in [2.24, 2.45) is 0 Å². The Kier molecular flexibility index (Phi) is 5.89. The van der Waals surface area contributed by atoms with Gasteiger partial charge in [-0.15, -0.1) is 0 Å². The van der Waals surface area contributed by atoms with Crippen LogP contribution < -0.4 is 14.4 Å². The van der Waals surface area contributed by atoms with E-state index in [2.05, 4.69) is 4.72 Å². The van der Waals surface area contributed by atoms with Crippen LogP contribution in [-0.4, -0.2) is 28.0 Å². The first-order valence-electron chi connectivity index (χ1n) is 9.75. The Morgan fingerprint density at radius 1 is 1.06 bits per heavy atom. The average Bonchev–Trinajstić information content (AvgIpc) is 2.78. The number of hydrogen-bond donors (Lipinski definition) is 1. The highest BCUT2D eigenvalue weighted by molar-refractivity contribution is 7.92. The molecule has 0 saturated carbocycles. The zero-order chi connectivity index (χ0) is 22.0. The van der Waals surface area contributed by atoms with E-state index in [4.69, 9.17) is 16.3 Å². The van der Waals surface area contributed by atoms with Gasteiger partial charge >= 0.3 is 0 Å². The standard InChI is InChI=1S/C23H21ClN2O4S/c1-30-22-12-9-18(15-20(22)24)25-31(28,29)19-10-11-21-17(14-19)8-5-13-26(21)23(27)16-6-3-2-4-7-16/h2-4,6-7,9-12,14-15,25H,5,8,13H2,1H3. The summed E-state index contributed by atoms with van der Waals surface area (Å²) < 4.78 is 33.5. The second-order valence-electron chi connectivity index (χ2n) is 7.17. The Labute approximate surface area is 186 Å². The fourth-order valence-electron chi connectivity index (χ4n) is 3.63. The lowest BCUT2D eigenvalue weighted by Crippen LogP contribution is -2.35. The van der Waals surface area contributed by atoms with Crippen LogP contribution in [0, 0.1) is 0 Å². The lowest BCUT2D eigenvalue weighted by molar-refractivity contribution is 0.0985. The van der Waals surface area contributed by atoms with Crippen molar-refractivity contribution in [3.05, 3.63) is 82.9 Å². The van der Waals surface area contributed by atoms with Crippen LogP contribution in [0.2, 0.25) is 5.02 Å². The molecule has 0 fully saturated rings. The number of carbonyl (C=O) groups excluding carboxylic acids is 1. The molecule has 0 bridgehead atoms. The molecule has 6 nitrogen and oxygen atoms in total. The van der Waals surface area contributed by atoms with E-state index in [9.17, 15) is 13.2 Å². The van der Waals surface area contributed by atoms with Gasteiger partial charge < -0.3 is 9.64 Å². The fourth-order valence-corrected chi connectivity index (χ4v) is 4.99. The van der Waals surface area contributed by atoms with E-state index in [0.29, 0.717) is 35.0 Å². The van der Waals surface area contributed by atoms with Crippen molar-refractivity contribution in [3.63, 3.8) is 0 Å². The number of hydrogen-bond acceptors (Lipinski definition) is 4. The fraction of sp³-hybridized carbons (Fsp3) is 0.174. The molecule has 1 N–H and O–H groups in total. The number of fused-ring (bicyclic) bond motifs is 1. The lowest BCUT2D eigenvalue weighted by Gasteiger charge is -2.30. The highest BCUT2D eigenvalue weighted by atomic mass is 35.5. The maximum Gasteiger partial charge on any atom is 0.261 e. The molecule has 8 heteroatoms. The molecule has 0 radical (unpaired) electrons. The number of benzene rings is 3. The third-order valence-electron chi connectivity index (χ3n) is 5.15. The molecule has 3 aromatic carbocycles. The normalized spacial score (nSPS) is 13.4. The number of sulfonamides is 1. The van der Waals surface area contributed by atoms with Crippen molar-refractivity contribution in [2.75, 3.05) is 23.3 Å². The summed E-state index contributed by atoms with van der Waals surface area (Å²) in [5.41, 5.74) is 2.51. The molecule has 0 spiro atoms. The summed E-state index contributed by atoms with van der Waals surface area (Å²) in [6, 6.07) is 18.6. The molecule has 1 heterocycles. The van der Waals surface area contributed by atoms with Gasteiger partial charge in [0.25, 0.3) is 15.9 Å². The van der Waals surface area contributed by atoms with E-state index in [1.165, 1.54) is 19.2 Å². The van der Waals surface area contributed by atoms with Gasteiger partial charge in [0.2, 0.25) is 0 Å². The summed E-state index contributed by atoms with van der Waals surface area (Å²) in [7, 11) is -2.34. The van der Waals surface area contributed by atoms with E-state index in [-0.39, 0.29) is 10.8 Å².